The molecule has 1 aliphatic heterocycles. The van der Waals surface area contributed by atoms with Crippen molar-refractivity contribution in [2.24, 2.45) is 0 Å². The van der Waals surface area contributed by atoms with Gasteiger partial charge in [-0.05, 0) is 6.42 Å². The summed E-state index contributed by atoms with van der Waals surface area (Å²) in [6.45, 7) is 2.83. The molecule has 1 aliphatic rings. The van der Waals surface area contributed by atoms with Gasteiger partial charge in [-0.15, -0.1) is 0 Å². The molecular formula is C12H13N5O4S. The number of rotatable bonds is 4. The quantitative estimate of drug-likeness (QED) is 0.651. The third-order valence-electron chi connectivity index (χ3n) is 3.28. The number of anilines is 1. The maximum atomic E-state index is 12.2. The molecule has 116 valence electrons. The van der Waals surface area contributed by atoms with E-state index in [0.29, 0.717) is 36.9 Å². The Morgan fingerprint density at radius 1 is 1.59 bits per heavy atom. The fraction of sp³-hybridized carbons (Fsp3) is 0.417. The van der Waals surface area contributed by atoms with E-state index in [9.17, 15) is 14.9 Å². The first kappa shape index (κ1) is 14.6. The van der Waals surface area contributed by atoms with Gasteiger partial charge in [-0.25, -0.2) is 4.98 Å². The van der Waals surface area contributed by atoms with Gasteiger partial charge >= 0.3 is 5.69 Å². The van der Waals surface area contributed by atoms with Crippen LogP contribution >= 0.6 is 11.3 Å². The smallest absolute Gasteiger partial charge is 0.322 e. The zero-order valence-corrected chi connectivity index (χ0v) is 12.5. The fourth-order valence-corrected chi connectivity index (χ4v) is 3.15. The van der Waals surface area contributed by atoms with Crippen LogP contribution in [0, 0.1) is 10.1 Å². The lowest BCUT2D eigenvalue weighted by molar-refractivity contribution is -0.385. The van der Waals surface area contributed by atoms with E-state index in [1.165, 1.54) is 11.3 Å². The molecule has 3 heterocycles. The van der Waals surface area contributed by atoms with Crippen molar-refractivity contribution < 1.29 is 14.5 Å². The summed E-state index contributed by atoms with van der Waals surface area (Å²) < 4.78 is 5.32. The minimum absolute atomic E-state index is 0.230. The highest BCUT2D eigenvalue weighted by molar-refractivity contribution is 7.15. The number of amides is 1. The van der Waals surface area contributed by atoms with E-state index < -0.39 is 10.8 Å². The second kappa shape index (κ2) is 5.81. The number of thiazole rings is 1. The molecule has 3 rings (SSSR count). The first-order valence-electron chi connectivity index (χ1n) is 6.69. The second-order valence-corrected chi connectivity index (χ2v) is 5.74. The fourth-order valence-electron chi connectivity index (χ4n) is 2.21. The maximum Gasteiger partial charge on any atom is 0.322 e. The van der Waals surface area contributed by atoms with Crippen LogP contribution in [0.5, 0.6) is 0 Å². The van der Waals surface area contributed by atoms with Gasteiger partial charge < -0.3 is 4.74 Å². The summed E-state index contributed by atoms with van der Waals surface area (Å²) in [5, 5.41) is 20.4. The van der Waals surface area contributed by atoms with E-state index in [-0.39, 0.29) is 11.4 Å². The van der Waals surface area contributed by atoms with Gasteiger partial charge in [-0.3, -0.25) is 25.3 Å². The summed E-state index contributed by atoms with van der Waals surface area (Å²) in [6, 6.07) is 0. The van der Waals surface area contributed by atoms with E-state index in [0.717, 1.165) is 10.6 Å². The summed E-state index contributed by atoms with van der Waals surface area (Å²) in [5.74, 6) is -0.644. The van der Waals surface area contributed by atoms with Crippen LogP contribution < -0.4 is 5.32 Å². The van der Waals surface area contributed by atoms with Crippen LogP contribution in [-0.4, -0.2) is 32.6 Å². The Labute approximate surface area is 128 Å². The average molecular weight is 323 g/mol. The first-order chi connectivity index (χ1) is 10.6. The van der Waals surface area contributed by atoms with Crippen molar-refractivity contribution in [3.8, 4) is 0 Å². The number of hydrogen-bond donors (Lipinski definition) is 2. The molecule has 0 aliphatic carbocycles. The first-order valence-corrected chi connectivity index (χ1v) is 7.51. The summed E-state index contributed by atoms with van der Waals surface area (Å²) >= 11 is 1.31. The van der Waals surface area contributed by atoms with Crippen molar-refractivity contribution in [3.63, 3.8) is 0 Å². The number of nitrogens with one attached hydrogen (secondary N) is 2. The topological polar surface area (TPSA) is 123 Å². The van der Waals surface area contributed by atoms with E-state index in [1.807, 2.05) is 0 Å². The van der Waals surface area contributed by atoms with E-state index in [1.54, 1.807) is 6.92 Å². The van der Waals surface area contributed by atoms with Gasteiger partial charge in [0.25, 0.3) is 5.91 Å². The summed E-state index contributed by atoms with van der Waals surface area (Å²) in [4.78, 5) is 28.0. The highest BCUT2D eigenvalue weighted by atomic mass is 32.1. The molecule has 0 fully saturated rings. The van der Waals surface area contributed by atoms with Gasteiger partial charge in [-0.1, -0.05) is 18.3 Å². The van der Waals surface area contributed by atoms with Crippen molar-refractivity contribution in [1.82, 2.24) is 15.2 Å². The number of carbonyl (C=O) groups is 1. The number of H-pyrrole nitrogens is 1. The number of hydrogen-bond acceptors (Lipinski definition) is 7. The molecule has 0 atom stereocenters. The molecule has 0 unspecified atom stereocenters. The molecule has 0 radical (unpaired) electrons. The Kier molecular flexibility index (Phi) is 3.86. The number of aromatic nitrogens is 3. The molecule has 10 heteroatoms. The molecule has 0 aromatic carbocycles. The Morgan fingerprint density at radius 3 is 3.09 bits per heavy atom. The lowest BCUT2D eigenvalue weighted by atomic mass is 10.2. The summed E-state index contributed by atoms with van der Waals surface area (Å²) in [5.41, 5.74) is 0.704. The molecule has 2 N–H and O–H groups in total. The molecule has 2 aromatic heterocycles. The van der Waals surface area contributed by atoms with E-state index in [4.69, 9.17) is 4.74 Å². The van der Waals surface area contributed by atoms with Crippen molar-refractivity contribution in [1.29, 1.82) is 0 Å². The normalized spacial score (nSPS) is 13.7. The third kappa shape index (κ3) is 2.57. The molecule has 2 aromatic rings. The number of nitrogens with zero attached hydrogens (tertiary/aromatic N) is 3. The second-order valence-electron chi connectivity index (χ2n) is 4.66. The lowest BCUT2D eigenvalue weighted by Crippen LogP contribution is -2.14. The van der Waals surface area contributed by atoms with Crippen molar-refractivity contribution in [3.05, 3.63) is 32.1 Å². The highest BCUT2D eigenvalue weighted by Crippen LogP contribution is 2.28. The predicted octanol–water partition coefficient (Wildman–Crippen LogP) is 1.66. The average Bonchev–Trinajstić information content (AvgIpc) is 3.09. The molecule has 0 bridgehead atoms. The number of fused-ring (bicyclic) bond motifs is 1. The van der Waals surface area contributed by atoms with Gasteiger partial charge in [0.2, 0.25) is 5.69 Å². The Bertz CT molecular complexity index is 714. The van der Waals surface area contributed by atoms with Gasteiger partial charge in [-0.2, -0.15) is 5.10 Å². The molecule has 1 amide bonds. The monoisotopic (exact) mass is 323 g/mol. The number of carbonyl (C=O) groups excluding carboxylic acids is 1. The lowest BCUT2D eigenvalue weighted by Gasteiger charge is -2.08. The minimum atomic E-state index is -0.644. The van der Waals surface area contributed by atoms with Gasteiger partial charge in [0, 0.05) is 6.42 Å². The van der Waals surface area contributed by atoms with Crippen molar-refractivity contribution >= 4 is 28.1 Å². The number of aryl methyl sites for hydroxylation is 1. The Balaban J connectivity index is 1.84. The standard InChI is InChI=1S/C12H13N5O4S/c1-2-6-10(17(19)20)9(16-15-6)11(18)14-12-13-7-3-4-21-5-8(7)22-12/h2-5H2,1H3,(H,15,16)(H,13,14,18). The van der Waals surface area contributed by atoms with E-state index in [2.05, 4.69) is 20.5 Å². The third-order valence-corrected chi connectivity index (χ3v) is 4.27. The predicted molar refractivity (Wildman–Crippen MR) is 78.0 cm³/mol. The van der Waals surface area contributed by atoms with Crippen molar-refractivity contribution in [2.45, 2.75) is 26.4 Å². The van der Waals surface area contributed by atoms with Crippen LogP contribution in [0.15, 0.2) is 0 Å². The Hall–Kier alpha value is -2.33. The van der Waals surface area contributed by atoms with E-state index >= 15 is 0 Å². The number of nitro groups is 1. The maximum absolute atomic E-state index is 12.2. The van der Waals surface area contributed by atoms with Gasteiger partial charge in [0.1, 0.15) is 5.69 Å². The molecule has 0 spiro atoms. The van der Waals surface area contributed by atoms with Crippen LogP contribution in [0.25, 0.3) is 0 Å². The van der Waals surface area contributed by atoms with Crippen LogP contribution in [-0.2, 0) is 24.2 Å². The van der Waals surface area contributed by atoms with Crippen molar-refractivity contribution in [2.75, 3.05) is 11.9 Å². The number of aromatic amines is 1. The summed E-state index contributed by atoms with van der Waals surface area (Å²) in [7, 11) is 0. The zero-order chi connectivity index (χ0) is 15.7. The minimum Gasteiger partial charge on any atom is -0.375 e. The number of ether oxygens (including phenoxy) is 1. The molecule has 22 heavy (non-hydrogen) atoms. The van der Waals surface area contributed by atoms with Crippen LogP contribution in [0.2, 0.25) is 0 Å². The van der Waals surface area contributed by atoms with Gasteiger partial charge in [0.15, 0.2) is 5.13 Å². The van der Waals surface area contributed by atoms with Gasteiger partial charge in [0.05, 0.1) is 28.7 Å². The largest absolute Gasteiger partial charge is 0.375 e. The molecular weight excluding hydrogens is 310 g/mol. The summed E-state index contributed by atoms with van der Waals surface area (Å²) in [6.07, 6.45) is 1.09. The SMILES string of the molecule is CCc1[nH]nc(C(=O)Nc2nc3c(s2)COCC3)c1[N+](=O)[O-]. The Morgan fingerprint density at radius 2 is 2.41 bits per heavy atom. The zero-order valence-electron chi connectivity index (χ0n) is 11.7. The van der Waals surface area contributed by atoms with Crippen LogP contribution in [0.3, 0.4) is 0 Å². The molecule has 0 saturated heterocycles. The highest BCUT2D eigenvalue weighted by Gasteiger charge is 2.29. The molecule has 0 saturated carbocycles. The van der Waals surface area contributed by atoms with Crippen LogP contribution in [0.4, 0.5) is 10.8 Å². The van der Waals surface area contributed by atoms with Crippen LogP contribution in [0.1, 0.15) is 33.7 Å². The molecule has 9 nitrogen and oxygen atoms in total.